The maximum absolute atomic E-state index is 11.6. The summed E-state index contributed by atoms with van der Waals surface area (Å²) in [5.74, 6) is -0.421. The van der Waals surface area contributed by atoms with E-state index < -0.39 is 5.60 Å². The lowest BCUT2D eigenvalue weighted by molar-refractivity contribution is -0.155. The van der Waals surface area contributed by atoms with Crippen LogP contribution in [0.4, 0.5) is 0 Å². The van der Waals surface area contributed by atoms with Gasteiger partial charge in [-0.3, -0.25) is 9.59 Å². The molecule has 0 fully saturated rings. The van der Waals surface area contributed by atoms with Crippen molar-refractivity contribution in [3.05, 3.63) is 0 Å². The van der Waals surface area contributed by atoms with Crippen molar-refractivity contribution < 1.29 is 14.3 Å². The molecule has 1 amide bonds. The normalized spacial score (nSPS) is 11.8. The third kappa shape index (κ3) is 10.8. The number of carbonyl (C=O) groups excluding carboxylic acids is 2. The molecule has 5 heteroatoms. The summed E-state index contributed by atoms with van der Waals surface area (Å²) in [7, 11) is 2.06. The van der Waals surface area contributed by atoms with Gasteiger partial charge in [0.05, 0.1) is 6.42 Å². The van der Waals surface area contributed by atoms with Gasteiger partial charge >= 0.3 is 5.97 Å². The van der Waals surface area contributed by atoms with Crippen LogP contribution in [0.5, 0.6) is 0 Å². The molecule has 0 radical (unpaired) electrons. The van der Waals surface area contributed by atoms with Crippen LogP contribution in [0.15, 0.2) is 0 Å². The highest BCUT2D eigenvalue weighted by Gasteiger charge is 2.16. The number of ether oxygens (including phenoxy) is 1. The van der Waals surface area contributed by atoms with E-state index in [1.807, 2.05) is 20.8 Å². The van der Waals surface area contributed by atoms with Crippen LogP contribution in [-0.4, -0.2) is 48.6 Å². The number of hydrogen-bond donors (Lipinski definition) is 1. The Hall–Kier alpha value is -1.10. The third-order valence-corrected chi connectivity index (χ3v) is 2.87. The van der Waals surface area contributed by atoms with Crippen LogP contribution >= 0.6 is 0 Å². The molecule has 0 aromatic rings. The van der Waals surface area contributed by atoms with Crippen LogP contribution < -0.4 is 5.32 Å². The van der Waals surface area contributed by atoms with Crippen molar-refractivity contribution in [2.45, 2.75) is 65.5 Å². The Kier molecular flexibility index (Phi) is 8.46. The summed E-state index contributed by atoms with van der Waals surface area (Å²) in [6.45, 7) is 11.3. The van der Waals surface area contributed by atoms with Crippen molar-refractivity contribution >= 4 is 11.9 Å². The lowest BCUT2D eigenvalue weighted by Gasteiger charge is -2.20. The van der Waals surface area contributed by atoms with Crippen LogP contribution in [0, 0.1) is 0 Å². The van der Waals surface area contributed by atoms with Crippen molar-refractivity contribution in [2.75, 3.05) is 20.1 Å². The minimum atomic E-state index is -0.491. The second-order valence-electron chi connectivity index (χ2n) is 6.36. The highest BCUT2D eigenvalue weighted by molar-refractivity contribution is 5.81. The summed E-state index contributed by atoms with van der Waals surface area (Å²) < 4.78 is 5.15. The Morgan fingerprint density at radius 3 is 2.30 bits per heavy atom. The molecular formula is C15H30N2O3. The van der Waals surface area contributed by atoms with Gasteiger partial charge in [-0.1, -0.05) is 0 Å². The zero-order valence-electron chi connectivity index (χ0n) is 13.8. The predicted octanol–water partition coefficient (Wildman–Crippen LogP) is 1.95. The van der Waals surface area contributed by atoms with Crippen molar-refractivity contribution in [3.63, 3.8) is 0 Å². The molecule has 5 nitrogen and oxygen atoms in total. The standard InChI is InChI=1S/C15H30N2O3/c1-12(2)17(6)11-7-10-16-13(18)8-9-14(19)20-15(3,4)5/h12H,7-11H2,1-6H3,(H,16,18). The summed E-state index contributed by atoms with van der Waals surface area (Å²) in [5.41, 5.74) is -0.491. The Morgan fingerprint density at radius 1 is 1.20 bits per heavy atom. The van der Waals surface area contributed by atoms with E-state index in [1.165, 1.54) is 0 Å². The first kappa shape index (κ1) is 18.9. The number of hydrogen-bond acceptors (Lipinski definition) is 4. The lowest BCUT2D eigenvalue weighted by Crippen LogP contribution is -2.31. The number of nitrogens with zero attached hydrogens (tertiary/aromatic N) is 1. The van der Waals surface area contributed by atoms with Gasteiger partial charge in [0.25, 0.3) is 0 Å². The topological polar surface area (TPSA) is 58.6 Å². The van der Waals surface area contributed by atoms with Crippen LogP contribution in [0.3, 0.4) is 0 Å². The summed E-state index contributed by atoms with van der Waals surface area (Å²) in [4.78, 5) is 25.2. The maximum atomic E-state index is 11.6. The molecule has 0 saturated heterocycles. The third-order valence-electron chi connectivity index (χ3n) is 2.87. The maximum Gasteiger partial charge on any atom is 0.306 e. The molecule has 0 aliphatic heterocycles. The highest BCUT2D eigenvalue weighted by Crippen LogP contribution is 2.08. The molecule has 118 valence electrons. The van der Waals surface area contributed by atoms with E-state index in [0.29, 0.717) is 12.6 Å². The Labute approximate surface area is 123 Å². The van der Waals surface area contributed by atoms with Gasteiger partial charge in [0.15, 0.2) is 0 Å². The lowest BCUT2D eigenvalue weighted by atomic mass is 10.2. The molecule has 1 N–H and O–H groups in total. The van der Waals surface area contributed by atoms with E-state index in [4.69, 9.17) is 4.74 Å². The molecule has 0 atom stereocenters. The zero-order chi connectivity index (χ0) is 15.8. The Bertz CT molecular complexity index is 309. The van der Waals surface area contributed by atoms with Crippen LogP contribution in [0.25, 0.3) is 0 Å². The van der Waals surface area contributed by atoms with Gasteiger partial charge in [0.1, 0.15) is 5.60 Å². The minimum absolute atomic E-state index is 0.0944. The highest BCUT2D eigenvalue weighted by atomic mass is 16.6. The summed E-state index contributed by atoms with van der Waals surface area (Å²) in [6.07, 6.45) is 1.23. The van der Waals surface area contributed by atoms with E-state index in [-0.39, 0.29) is 24.7 Å². The van der Waals surface area contributed by atoms with Crippen molar-refractivity contribution in [2.24, 2.45) is 0 Å². The van der Waals surface area contributed by atoms with E-state index >= 15 is 0 Å². The molecule has 0 rings (SSSR count). The van der Waals surface area contributed by atoms with Gasteiger partial charge in [-0.2, -0.15) is 0 Å². The first-order valence-corrected chi connectivity index (χ1v) is 7.30. The molecule has 0 unspecified atom stereocenters. The van der Waals surface area contributed by atoms with Crippen LogP contribution in [0.1, 0.15) is 53.9 Å². The second-order valence-corrected chi connectivity index (χ2v) is 6.36. The van der Waals surface area contributed by atoms with Crippen LogP contribution in [0.2, 0.25) is 0 Å². The fourth-order valence-electron chi connectivity index (χ4n) is 1.51. The van der Waals surface area contributed by atoms with Gasteiger partial charge in [-0.25, -0.2) is 0 Å². The van der Waals surface area contributed by atoms with Gasteiger partial charge in [0.2, 0.25) is 5.91 Å². The number of rotatable bonds is 8. The fraction of sp³-hybridized carbons (Fsp3) is 0.867. The molecule has 0 heterocycles. The largest absolute Gasteiger partial charge is 0.460 e. The predicted molar refractivity (Wildman–Crippen MR) is 80.5 cm³/mol. The number of amides is 1. The monoisotopic (exact) mass is 286 g/mol. The molecule has 20 heavy (non-hydrogen) atoms. The molecule has 0 spiro atoms. The van der Waals surface area contributed by atoms with Crippen LogP contribution in [-0.2, 0) is 14.3 Å². The van der Waals surface area contributed by atoms with E-state index in [1.54, 1.807) is 0 Å². The Morgan fingerprint density at radius 2 is 1.80 bits per heavy atom. The number of nitrogens with one attached hydrogen (secondary N) is 1. The van der Waals surface area contributed by atoms with Gasteiger partial charge < -0.3 is 15.0 Å². The van der Waals surface area contributed by atoms with E-state index in [2.05, 4.69) is 31.1 Å². The van der Waals surface area contributed by atoms with E-state index in [9.17, 15) is 9.59 Å². The molecule has 0 aliphatic rings. The smallest absolute Gasteiger partial charge is 0.306 e. The SMILES string of the molecule is CC(C)N(C)CCCNC(=O)CCC(=O)OC(C)(C)C. The summed E-state index contributed by atoms with van der Waals surface area (Å²) >= 11 is 0. The zero-order valence-corrected chi connectivity index (χ0v) is 13.8. The molecule has 0 aromatic heterocycles. The average molecular weight is 286 g/mol. The summed E-state index contributed by atoms with van der Waals surface area (Å²) in [5, 5.41) is 2.82. The molecule has 0 saturated carbocycles. The quantitative estimate of drug-likeness (QED) is 0.547. The molecule has 0 bridgehead atoms. The van der Waals surface area contributed by atoms with Crippen molar-refractivity contribution in [3.8, 4) is 0 Å². The fourth-order valence-corrected chi connectivity index (χ4v) is 1.51. The van der Waals surface area contributed by atoms with Gasteiger partial charge in [0, 0.05) is 19.0 Å². The molecule has 0 aromatic carbocycles. The summed E-state index contributed by atoms with van der Waals surface area (Å²) in [6, 6.07) is 0.512. The average Bonchev–Trinajstić information content (AvgIpc) is 2.29. The van der Waals surface area contributed by atoms with E-state index in [0.717, 1.165) is 13.0 Å². The Balaban J connectivity index is 3.67. The van der Waals surface area contributed by atoms with Gasteiger partial charge in [-0.15, -0.1) is 0 Å². The molecular weight excluding hydrogens is 256 g/mol. The minimum Gasteiger partial charge on any atom is -0.460 e. The first-order chi connectivity index (χ1) is 9.11. The van der Waals surface area contributed by atoms with Crippen molar-refractivity contribution in [1.82, 2.24) is 10.2 Å². The first-order valence-electron chi connectivity index (χ1n) is 7.30. The number of esters is 1. The van der Waals surface area contributed by atoms with Gasteiger partial charge in [-0.05, 0) is 54.6 Å². The molecule has 0 aliphatic carbocycles. The van der Waals surface area contributed by atoms with Crippen molar-refractivity contribution in [1.29, 1.82) is 0 Å². The second kappa shape index (κ2) is 8.95. The number of carbonyl (C=O) groups is 2.